The molecule has 3 aromatic rings. The summed E-state index contributed by atoms with van der Waals surface area (Å²) in [6.07, 6.45) is 10.3. The molecule has 1 fully saturated rings. The number of piperidine rings is 1. The van der Waals surface area contributed by atoms with Crippen molar-refractivity contribution in [3.05, 3.63) is 102 Å². The predicted octanol–water partition coefficient (Wildman–Crippen LogP) is 7.25. The Labute approximate surface area is 220 Å². The zero-order chi connectivity index (χ0) is 25.3. The molecule has 1 saturated heterocycles. The van der Waals surface area contributed by atoms with Crippen LogP contribution in [0.3, 0.4) is 0 Å². The van der Waals surface area contributed by atoms with E-state index in [-0.39, 0.29) is 6.04 Å². The highest BCUT2D eigenvalue weighted by Gasteiger charge is 2.24. The molecule has 1 unspecified atom stereocenters. The zero-order valence-corrected chi connectivity index (χ0v) is 22.4. The molecule has 4 rings (SSSR count). The number of aromatic nitrogens is 1. The Morgan fingerprint density at radius 1 is 1.25 bits per heavy atom. The summed E-state index contributed by atoms with van der Waals surface area (Å²) in [5, 5.41) is 3.74. The van der Waals surface area contributed by atoms with E-state index < -0.39 is 0 Å². The number of hydrogen-bond donors (Lipinski definition) is 1. The van der Waals surface area contributed by atoms with Crippen molar-refractivity contribution >= 4 is 27.3 Å². The SMILES string of the molecule is C=C/N=C(\C=C/C)C(NC(=C)C1CCN(CCCc2ccc3ncsc3c2)CC1)c1cccc(C)c1. The molecule has 0 radical (unpaired) electrons. The molecular formula is C31H38N4S. The molecule has 0 amide bonds. The van der Waals surface area contributed by atoms with Gasteiger partial charge in [-0.2, -0.15) is 0 Å². The maximum atomic E-state index is 4.58. The van der Waals surface area contributed by atoms with Crippen molar-refractivity contribution in [2.75, 3.05) is 19.6 Å². The lowest BCUT2D eigenvalue weighted by atomic mass is 9.92. The topological polar surface area (TPSA) is 40.5 Å². The summed E-state index contributed by atoms with van der Waals surface area (Å²) in [7, 11) is 0. The van der Waals surface area contributed by atoms with Gasteiger partial charge in [0.25, 0.3) is 0 Å². The summed E-state index contributed by atoms with van der Waals surface area (Å²) in [4.78, 5) is 11.6. The quantitative estimate of drug-likeness (QED) is 0.283. The molecule has 2 aromatic carbocycles. The maximum Gasteiger partial charge on any atom is 0.0937 e. The van der Waals surface area contributed by atoms with Crippen LogP contribution in [0.1, 0.15) is 48.9 Å². The Kier molecular flexibility index (Phi) is 9.26. The molecule has 4 nitrogen and oxygen atoms in total. The molecule has 0 aliphatic carbocycles. The molecule has 5 heteroatoms. The third-order valence-electron chi connectivity index (χ3n) is 6.99. The van der Waals surface area contributed by atoms with Gasteiger partial charge in [0, 0.05) is 17.8 Å². The van der Waals surface area contributed by atoms with Crippen molar-refractivity contribution in [3.63, 3.8) is 0 Å². The second-order valence-electron chi connectivity index (χ2n) is 9.63. The highest BCUT2D eigenvalue weighted by atomic mass is 32.1. The Morgan fingerprint density at radius 3 is 2.83 bits per heavy atom. The van der Waals surface area contributed by atoms with Crippen molar-refractivity contribution in [3.8, 4) is 0 Å². The first-order valence-electron chi connectivity index (χ1n) is 12.9. The Balaban J connectivity index is 1.31. The minimum Gasteiger partial charge on any atom is -0.376 e. The van der Waals surface area contributed by atoms with Gasteiger partial charge in [-0.15, -0.1) is 11.3 Å². The van der Waals surface area contributed by atoms with Crippen LogP contribution in [0, 0.1) is 12.8 Å². The van der Waals surface area contributed by atoms with Crippen molar-refractivity contribution < 1.29 is 0 Å². The highest BCUT2D eigenvalue weighted by molar-refractivity contribution is 7.16. The van der Waals surface area contributed by atoms with E-state index >= 15 is 0 Å². The fraction of sp³-hybridized carbons (Fsp3) is 0.355. The number of benzene rings is 2. The third kappa shape index (κ3) is 6.80. The second-order valence-corrected chi connectivity index (χ2v) is 10.5. The molecule has 1 N–H and O–H groups in total. The normalized spacial score (nSPS) is 16.4. The lowest BCUT2D eigenvalue weighted by molar-refractivity contribution is 0.193. The van der Waals surface area contributed by atoms with Crippen molar-refractivity contribution in [2.24, 2.45) is 10.9 Å². The van der Waals surface area contributed by atoms with Gasteiger partial charge in [0.15, 0.2) is 0 Å². The first-order valence-corrected chi connectivity index (χ1v) is 13.8. The van der Waals surface area contributed by atoms with E-state index in [1.165, 1.54) is 27.8 Å². The fourth-order valence-corrected chi connectivity index (χ4v) is 5.78. The van der Waals surface area contributed by atoms with Crippen LogP contribution in [0.2, 0.25) is 0 Å². The first-order chi connectivity index (χ1) is 17.6. The molecule has 0 spiro atoms. The van der Waals surface area contributed by atoms with E-state index in [4.69, 9.17) is 0 Å². The van der Waals surface area contributed by atoms with Crippen LogP contribution in [0.5, 0.6) is 0 Å². The molecule has 188 valence electrons. The molecule has 0 bridgehead atoms. The number of thiazole rings is 1. The Bertz CT molecular complexity index is 1230. The number of fused-ring (bicyclic) bond motifs is 1. The van der Waals surface area contributed by atoms with Gasteiger partial charge in [-0.25, -0.2) is 4.98 Å². The summed E-state index contributed by atoms with van der Waals surface area (Å²) in [6, 6.07) is 15.3. The molecular weight excluding hydrogens is 460 g/mol. The number of nitrogens with zero attached hydrogens (tertiary/aromatic N) is 3. The van der Waals surface area contributed by atoms with Crippen molar-refractivity contribution in [2.45, 2.75) is 45.6 Å². The largest absolute Gasteiger partial charge is 0.376 e. The van der Waals surface area contributed by atoms with Gasteiger partial charge >= 0.3 is 0 Å². The van der Waals surface area contributed by atoms with E-state index in [0.717, 1.165) is 55.8 Å². The average molecular weight is 499 g/mol. The minimum absolute atomic E-state index is 0.0412. The smallest absolute Gasteiger partial charge is 0.0937 e. The van der Waals surface area contributed by atoms with Crippen LogP contribution in [-0.4, -0.2) is 35.2 Å². The summed E-state index contributed by atoms with van der Waals surface area (Å²) >= 11 is 1.72. The van der Waals surface area contributed by atoms with Crippen LogP contribution in [0.4, 0.5) is 0 Å². The van der Waals surface area contributed by atoms with Crippen LogP contribution in [-0.2, 0) is 6.42 Å². The zero-order valence-electron chi connectivity index (χ0n) is 21.6. The van der Waals surface area contributed by atoms with Crippen molar-refractivity contribution in [1.29, 1.82) is 0 Å². The van der Waals surface area contributed by atoms with Crippen LogP contribution < -0.4 is 5.32 Å². The Hall–Kier alpha value is -3.02. The van der Waals surface area contributed by atoms with Gasteiger partial charge in [0.2, 0.25) is 0 Å². The van der Waals surface area contributed by atoms with Gasteiger partial charge in [0.1, 0.15) is 0 Å². The number of allylic oxidation sites excluding steroid dienone is 2. The molecule has 1 aliphatic heterocycles. The number of likely N-dealkylation sites (tertiary alicyclic amines) is 1. The summed E-state index contributed by atoms with van der Waals surface area (Å²) < 4.78 is 1.29. The molecule has 0 saturated carbocycles. The molecule has 1 aliphatic rings. The number of nitrogens with one attached hydrogen (secondary N) is 1. The Morgan fingerprint density at radius 2 is 2.08 bits per heavy atom. The van der Waals surface area contributed by atoms with Gasteiger partial charge in [-0.05, 0) is 88.5 Å². The fourth-order valence-electron chi connectivity index (χ4n) is 5.04. The summed E-state index contributed by atoms with van der Waals surface area (Å²) in [6.45, 7) is 15.8. The van der Waals surface area contributed by atoms with Gasteiger partial charge in [-0.1, -0.05) is 55.1 Å². The standard InChI is InChI=1S/C31H38N4S/c1-5-9-29(32-6-2)31(27-12-7-10-23(3)20-27)34-24(4)26-15-18-35(19-16-26)17-8-11-25-13-14-28-30(21-25)36-22-33-28/h5-7,9-10,12-14,20-22,26,31,34H,2,4,8,11,15-19H2,1,3H3/b9-5-,32-29+. The lowest BCUT2D eigenvalue weighted by Crippen LogP contribution is -2.38. The molecule has 1 atom stereocenters. The molecule has 36 heavy (non-hydrogen) atoms. The van der Waals surface area contributed by atoms with Crippen molar-refractivity contribution in [1.82, 2.24) is 15.2 Å². The highest BCUT2D eigenvalue weighted by Crippen LogP contribution is 2.27. The summed E-state index contributed by atoms with van der Waals surface area (Å²) in [5.41, 5.74) is 8.95. The minimum atomic E-state index is -0.0412. The molecule has 2 heterocycles. The number of rotatable bonds is 11. The lowest BCUT2D eigenvalue weighted by Gasteiger charge is -2.34. The van der Waals surface area contributed by atoms with Crippen LogP contribution in [0.15, 0.2) is 90.2 Å². The third-order valence-corrected chi connectivity index (χ3v) is 7.79. The molecule has 1 aromatic heterocycles. The average Bonchev–Trinajstić information content (AvgIpc) is 3.35. The second kappa shape index (κ2) is 12.8. The predicted molar refractivity (Wildman–Crippen MR) is 156 cm³/mol. The van der Waals surface area contributed by atoms with Gasteiger partial charge < -0.3 is 10.2 Å². The first kappa shape index (κ1) is 26.1. The number of hydrogen-bond acceptors (Lipinski definition) is 5. The van der Waals surface area contributed by atoms with E-state index in [9.17, 15) is 0 Å². The summed E-state index contributed by atoms with van der Waals surface area (Å²) in [5.74, 6) is 0.470. The van der Waals surface area contributed by atoms with Crippen LogP contribution in [0.25, 0.3) is 10.2 Å². The number of aryl methyl sites for hydroxylation is 2. The maximum absolute atomic E-state index is 4.58. The van der Waals surface area contributed by atoms with E-state index in [1.54, 1.807) is 17.5 Å². The van der Waals surface area contributed by atoms with E-state index in [1.807, 2.05) is 18.5 Å². The monoisotopic (exact) mass is 498 g/mol. The number of aliphatic imine (C=N–C) groups is 1. The van der Waals surface area contributed by atoms with E-state index in [2.05, 4.69) is 88.8 Å². The van der Waals surface area contributed by atoms with Gasteiger partial charge in [-0.3, -0.25) is 4.99 Å². The van der Waals surface area contributed by atoms with Crippen LogP contribution >= 0.6 is 11.3 Å². The van der Waals surface area contributed by atoms with E-state index in [0.29, 0.717) is 5.92 Å². The van der Waals surface area contributed by atoms with Gasteiger partial charge in [0.05, 0.1) is 27.5 Å².